The minimum Gasteiger partial charge on any atom is -0.507 e. The van der Waals surface area contributed by atoms with E-state index in [1.165, 1.54) is 6.92 Å². The van der Waals surface area contributed by atoms with Gasteiger partial charge in [-0.25, -0.2) is 0 Å². The van der Waals surface area contributed by atoms with E-state index < -0.39 is 0 Å². The van der Waals surface area contributed by atoms with Gasteiger partial charge >= 0.3 is 0 Å². The van der Waals surface area contributed by atoms with Crippen LogP contribution in [0.5, 0.6) is 5.75 Å². The van der Waals surface area contributed by atoms with Crippen LogP contribution in [0.4, 0.5) is 0 Å². The van der Waals surface area contributed by atoms with E-state index in [1.54, 1.807) is 0 Å². The summed E-state index contributed by atoms with van der Waals surface area (Å²) in [4.78, 5) is 11.5. The van der Waals surface area contributed by atoms with Crippen molar-refractivity contribution in [3.05, 3.63) is 41.0 Å². The molecule has 0 atom stereocenters. The molecule has 0 saturated carbocycles. The van der Waals surface area contributed by atoms with Crippen LogP contribution in [0.25, 0.3) is 10.8 Å². The molecule has 96 valence electrons. The number of hydrogen-bond acceptors (Lipinski definition) is 2. The normalized spacial score (nSPS) is 9.83. The first-order valence-electron chi connectivity index (χ1n) is 6.26. The summed E-state index contributed by atoms with van der Waals surface area (Å²) < 4.78 is 0. The van der Waals surface area contributed by atoms with Gasteiger partial charge in [0.15, 0.2) is 5.78 Å². The average Bonchev–Trinajstić information content (AvgIpc) is 2.38. The minimum absolute atomic E-state index is 0.0937. The zero-order valence-corrected chi connectivity index (χ0v) is 11.7. The molecule has 0 saturated heterocycles. The fourth-order valence-electron chi connectivity index (χ4n) is 2.15. The zero-order chi connectivity index (χ0) is 13.9. The summed E-state index contributed by atoms with van der Waals surface area (Å²) in [5, 5.41) is 11.9. The van der Waals surface area contributed by atoms with Gasteiger partial charge in [-0.05, 0) is 37.3 Å². The lowest BCUT2D eigenvalue weighted by molar-refractivity contribution is 0.101. The summed E-state index contributed by atoms with van der Waals surface area (Å²) in [7, 11) is 0. The number of carbonyl (C=O) groups is 1. The molecule has 0 aliphatic heterocycles. The van der Waals surface area contributed by atoms with Gasteiger partial charge in [-0.3, -0.25) is 4.79 Å². The Balaban J connectivity index is 0.000000771. The molecule has 0 heterocycles. The van der Waals surface area contributed by atoms with Gasteiger partial charge in [0.1, 0.15) is 5.75 Å². The van der Waals surface area contributed by atoms with Crippen molar-refractivity contribution in [3.8, 4) is 5.75 Å². The molecule has 1 N–H and O–H groups in total. The zero-order valence-electron chi connectivity index (χ0n) is 11.7. The van der Waals surface area contributed by atoms with E-state index in [-0.39, 0.29) is 11.5 Å². The first-order valence-corrected chi connectivity index (χ1v) is 6.26. The van der Waals surface area contributed by atoms with Crippen LogP contribution in [0.2, 0.25) is 0 Å². The second-order valence-electron chi connectivity index (χ2n) is 4.08. The molecule has 2 heteroatoms. The average molecular weight is 244 g/mol. The number of aromatic hydroxyl groups is 1. The molecule has 0 amide bonds. The number of hydrogen-bond donors (Lipinski definition) is 1. The van der Waals surface area contributed by atoms with Gasteiger partial charge in [0.25, 0.3) is 0 Å². The largest absolute Gasteiger partial charge is 0.507 e. The molecule has 0 radical (unpaired) electrons. The van der Waals surface area contributed by atoms with E-state index in [0.29, 0.717) is 5.56 Å². The molecular weight excluding hydrogens is 224 g/mol. The Morgan fingerprint density at radius 2 is 1.50 bits per heavy atom. The monoisotopic (exact) mass is 244 g/mol. The first kappa shape index (κ1) is 14.2. The van der Waals surface area contributed by atoms with Crippen LogP contribution in [0, 0.1) is 13.8 Å². The van der Waals surface area contributed by atoms with Gasteiger partial charge in [0.05, 0.1) is 5.56 Å². The molecule has 0 unspecified atom stereocenters. The summed E-state index contributed by atoms with van der Waals surface area (Å²) in [6.07, 6.45) is 0. The van der Waals surface area contributed by atoms with E-state index in [9.17, 15) is 9.90 Å². The van der Waals surface area contributed by atoms with Crippen molar-refractivity contribution in [3.63, 3.8) is 0 Å². The third-order valence-electron chi connectivity index (χ3n) is 3.11. The molecule has 2 rings (SSSR count). The number of aryl methyl sites for hydroxylation is 1. The smallest absolute Gasteiger partial charge is 0.163 e. The third kappa shape index (κ3) is 2.23. The molecule has 2 aromatic rings. The van der Waals surface area contributed by atoms with Crippen molar-refractivity contribution in [2.24, 2.45) is 0 Å². The van der Waals surface area contributed by atoms with Crippen molar-refractivity contribution in [1.29, 1.82) is 0 Å². The molecule has 0 fully saturated rings. The molecule has 18 heavy (non-hydrogen) atoms. The number of phenolic OH excluding ortho intramolecular Hbond substituents is 1. The van der Waals surface area contributed by atoms with Gasteiger partial charge in [-0.1, -0.05) is 38.1 Å². The lowest BCUT2D eigenvalue weighted by Gasteiger charge is -2.13. The van der Waals surface area contributed by atoms with Crippen LogP contribution in [-0.2, 0) is 0 Å². The minimum atomic E-state index is -0.0937. The van der Waals surface area contributed by atoms with Crippen LogP contribution in [0.3, 0.4) is 0 Å². The van der Waals surface area contributed by atoms with Gasteiger partial charge in [-0.2, -0.15) is 0 Å². The Morgan fingerprint density at radius 3 is 2.00 bits per heavy atom. The number of phenols is 1. The number of Topliss-reactive ketones (excluding diaryl/α,β-unsaturated/α-hetero) is 1. The topological polar surface area (TPSA) is 37.3 Å². The fourth-order valence-corrected chi connectivity index (χ4v) is 2.15. The van der Waals surface area contributed by atoms with Gasteiger partial charge in [0.2, 0.25) is 0 Å². The molecule has 0 aliphatic rings. The highest BCUT2D eigenvalue weighted by Gasteiger charge is 2.16. The molecule has 0 aliphatic carbocycles. The Kier molecular flexibility index (Phi) is 4.49. The summed E-state index contributed by atoms with van der Waals surface area (Å²) in [6, 6.07) is 7.59. The van der Waals surface area contributed by atoms with Crippen molar-refractivity contribution in [1.82, 2.24) is 0 Å². The quantitative estimate of drug-likeness (QED) is 0.755. The molecule has 0 bridgehead atoms. The number of rotatable bonds is 1. The summed E-state index contributed by atoms with van der Waals surface area (Å²) >= 11 is 0. The fraction of sp³-hybridized carbons (Fsp3) is 0.312. The predicted octanol–water partition coefficient (Wildman–Crippen LogP) is 4.39. The molecular formula is C16H20O2. The van der Waals surface area contributed by atoms with Crippen LogP contribution < -0.4 is 0 Å². The van der Waals surface area contributed by atoms with Crippen LogP contribution in [0.1, 0.15) is 42.3 Å². The van der Waals surface area contributed by atoms with E-state index in [4.69, 9.17) is 0 Å². The lowest BCUT2D eigenvalue weighted by atomic mass is 9.93. The first-order chi connectivity index (χ1) is 8.54. The lowest BCUT2D eigenvalue weighted by Crippen LogP contribution is -2.00. The number of benzene rings is 2. The van der Waals surface area contributed by atoms with Crippen molar-refractivity contribution >= 4 is 16.6 Å². The Hall–Kier alpha value is -1.83. The molecule has 2 nitrogen and oxygen atoms in total. The Morgan fingerprint density at radius 1 is 1.00 bits per heavy atom. The van der Waals surface area contributed by atoms with Gasteiger partial charge in [0, 0.05) is 5.39 Å². The highest BCUT2D eigenvalue weighted by molar-refractivity contribution is 6.06. The highest BCUT2D eigenvalue weighted by Crippen LogP contribution is 2.34. The summed E-state index contributed by atoms with van der Waals surface area (Å²) in [5.41, 5.74) is 2.36. The Labute approximate surface area is 108 Å². The maximum atomic E-state index is 11.5. The SMILES string of the molecule is CC.CC(=O)c1c(C)c(C)c2ccccc2c1O. The molecule has 2 aromatic carbocycles. The maximum Gasteiger partial charge on any atom is 0.163 e. The summed E-state index contributed by atoms with van der Waals surface area (Å²) in [6.45, 7) is 9.33. The van der Waals surface area contributed by atoms with Crippen LogP contribution in [-0.4, -0.2) is 10.9 Å². The van der Waals surface area contributed by atoms with Crippen LogP contribution >= 0.6 is 0 Å². The standard InChI is InChI=1S/C14H14O2.C2H6/c1-8-9(2)13(10(3)15)14(16)12-7-5-4-6-11(8)12;1-2/h4-7,16H,1-3H3;1-2H3. The number of fused-ring (bicyclic) bond motifs is 1. The van der Waals surface area contributed by atoms with Gasteiger partial charge in [-0.15, -0.1) is 0 Å². The van der Waals surface area contributed by atoms with Gasteiger partial charge < -0.3 is 5.11 Å². The number of carbonyl (C=O) groups excluding carboxylic acids is 1. The van der Waals surface area contributed by atoms with E-state index in [2.05, 4.69) is 0 Å². The van der Waals surface area contributed by atoms with E-state index in [0.717, 1.165) is 21.9 Å². The molecule has 0 aromatic heterocycles. The predicted molar refractivity (Wildman–Crippen MR) is 76.4 cm³/mol. The highest BCUT2D eigenvalue weighted by atomic mass is 16.3. The van der Waals surface area contributed by atoms with Crippen molar-refractivity contribution in [2.45, 2.75) is 34.6 Å². The second-order valence-corrected chi connectivity index (χ2v) is 4.08. The van der Waals surface area contributed by atoms with E-state index >= 15 is 0 Å². The molecule has 0 spiro atoms. The second kappa shape index (κ2) is 5.67. The van der Waals surface area contributed by atoms with Crippen LogP contribution in [0.15, 0.2) is 24.3 Å². The number of ketones is 1. The van der Waals surface area contributed by atoms with Crippen molar-refractivity contribution in [2.75, 3.05) is 0 Å². The van der Waals surface area contributed by atoms with Crippen molar-refractivity contribution < 1.29 is 9.90 Å². The third-order valence-corrected chi connectivity index (χ3v) is 3.11. The Bertz CT molecular complexity index is 583. The van der Waals surface area contributed by atoms with E-state index in [1.807, 2.05) is 52.0 Å². The summed E-state index contributed by atoms with van der Waals surface area (Å²) in [5.74, 6) is 0.00931. The maximum absolute atomic E-state index is 11.5.